The zero-order chi connectivity index (χ0) is 24.7. The molecule has 1 unspecified atom stereocenters. The lowest BCUT2D eigenvalue weighted by Gasteiger charge is -2.26. The van der Waals surface area contributed by atoms with Gasteiger partial charge in [0.2, 0.25) is 5.91 Å². The summed E-state index contributed by atoms with van der Waals surface area (Å²) in [6.45, 7) is 2.17. The lowest BCUT2D eigenvalue weighted by molar-refractivity contribution is -0.126. The molecule has 4 aromatic rings. The lowest BCUT2D eigenvalue weighted by Crippen LogP contribution is -2.40. The Balaban J connectivity index is 1.39. The summed E-state index contributed by atoms with van der Waals surface area (Å²) < 4.78 is 12.6. The fourth-order valence-electron chi connectivity index (χ4n) is 4.60. The Morgan fingerprint density at radius 1 is 1.11 bits per heavy atom. The molecule has 2 aromatic carbocycles. The van der Waals surface area contributed by atoms with Gasteiger partial charge in [0.15, 0.2) is 0 Å². The van der Waals surface area contributed by atoms with Gasteiger partial charge in [-0.05, 0) is 67.9 Å². The number of piperidine rings is 1. The van der Waals surface area contributed by atoms with Crippen molar-refractivity contribution in [2.75, 3.05) is 26.8 Å². The SMILES string of the molecule is COc1cccc(-c2cccnc2C(CCOc2ccc3ncsc3c2)NC(=O)C2CCNCC2)c1. The number of pyridine rings is 1. The number of thiazole rings is 1. The van der Waals surface area contributed by atoms with E-state index in [1.54, 1.807) is 24.6 Å². The van der Waals surface area contributed by atoms with Crippen molar-refractivity contribution in [3.05, 3.63) is 72.0 Å². The third kappa shape index (κ3) is 5.66. The number of nitrogens with zero attached hydrogens (tertiary/aromatic N) is 2. The Kier molecular flexibility index (Phi) is 7.73. The molecule has 1 aliphatic heterocycles. The highest BCUT2D eigenvalue weighted by Crippen LogP contribution is 2.31. The van der Waals surface area contributed by atoms with E-state index in [0.29, 0.717) is 13.0 Å². The molecule has 7 nitrogen and oxygen atoms in total. The van der Waals surface area contributed by atoms with Crippen LogP contribution < -0.4 is 20.1 Å². The molecule has 0 saturated carbocycles. The highest BCUT2D eigenvalue weighted by molar-refractivity contribution is 7.16. The zero-order valence-corrected chi connectivity index (χ0v) is 21.1. The van der Waals surface area contributed by atoms with Crippen molar-refractivity contribution in [1.29, 1.82) is 0 Å². The second-order valence-corrected chi connectivity index (χ2v) is 9.76. The van der Waals surface area contributed by atoms with Crippen molar-refractivity contribution in [3.8, 4) is 22.6 Å². The first-order chi connectivity index (χ1) is 17.7. The minimum absolute atomic E-state index is 0.00684. The molecule has 1 saturated heterocycles. The molecule has 1 aliphatic rings. The number of aromatic nitrogens is 2. The van der Waals surface area contributed by atoms with Gasteiger partial charge in [-0.1, -0.05) is 18.2 Å². The molecule has 0 aliphatic carbocycles. The molecule has 5 rings (SSSR count). The van der Waals surface area contributed by atoms with Crippen LogP contribution in [0.4, 0.5) is 0 Å². The first-order valence-corrected chi connectivity index (χ1v) is 13.2. The van der Waals surface area contributed by atoms with Crippen molar-refractivity contribution in [1.82, 2.24) is 20.6 Å². The van der Waals surface area contributed by atoms with E-state index in [2.05, 4.69) is 15.6 Å². The molecule has 1 fully saturated rings. The van der Waals surface area contributed by atoms with Gasteiger partial charge in [-0.3, -0.25) is 9.78 Å². The normalized spacial score (nSPS) is 14.9. The Bertz CT molecular complexity index is 1320. The summed E-state index contributed by atoms with van der Waals surface area (Å²) in [4.78, 5) is 22.3. The van der Waals surface area contributed by atoms with Gasteiger partial charge in [0, 0.05) is 24.1 Å². The molecular formula is C28H30N4O3S. The average molecular weight is 503 g/mol. The predicted octanol–water partition coefficient (Wildman–Crippen LogP) is 4.99. The summed E-state index contributed by atoms with van der Waals surface area (Å²) in [6.07, 6.45) is 4.05. The molecular weight excluding hydrogens is 472 g/mol. The first-order valence-electron chi connectivity index (χ1n) is 12.3. The van der Waals surface area contributed by atoms with Crippen LogP contribution in [0.15, 0.2) is 66.3 Å². The average Bonchev–Trinajstić information content (AvgIpc) is 3.41. The number of rotatable bonds is 9. The summed E-state index contributed by atoms with van der Waals surface area (Å²) in [5, 5.41) is 6.64. The van der Waals surface area contributed by atoms with Crippen molar-refractivity contribution in [2.45, 2.75) is 25.3 Å². The monoisotopic (exact) mass is 502 g/mol. The van der Waals surface area contributed by atoms with Crippen LogP contribution in [0.3, 0.4) is 0 Å². The maximum atomic E-state index is 13.2. The van der Waals surface area contributed by atoms with Crippen LogP contribution in [-0.2, 0) is 4.79 Å². The number of nitrogens with one attached hydrogen (secondary N) is 2. The quantitative estimate of drug-likeness (QED) is 0.335. The first kappa shape index (κ1) is 24.2. The Labute approximate surface area is 214 Å². The van der Waals surface area contributed by atoms with E-state index in [0.717, 1.165) is 64.5 Å². The number of hydrogen-bond donors (Lipinski definition) is 2. The summed E-state index contributed by atoms with van der Waals surface area (Å²) in [5.41, 5.74) is 5.60. The zero-order valence-electron chi connectivity index (χ0n) is 20.3. The Morgan fingerprint density at radius 3 is 2.86 bits per heavy atom. The highest BCUT2D eigenvalue weighted by atomic mass is 32.1. The van der Waals surface area contributed by atoms with Crippen LogP contribution in [-0.4, -0.2) is 42.7 Å². The van der Waals surface area contributed by atoms with Gasteiger partial charge in [0.25, 0.3) is 0 Å². The molecule has 1 atom stereocenters. The Morgan fingerprint density at radius 2 is 2.00 bits per heavy atom. The Hall–Kier alpha value is -3.49. The number of amides is 1. The van der Waals surface area contributed by atoms with Crippen molar-refractivity contribution in [2.24, 2.45) is 5.92 Å². The lowest BCUT2D eigenvalue weighted by atomic mass is 9.94. The minimum atomic E-state index is -0.290. The predicted molar refractivity (Wildman–Crippen MR) is 142 cm³/mol. The van der Waals surface area contributed by atoms with Crippen LogP contribution in [0.1, 0.15) is 31.0 Å². The number of methoxy groups -OCH3 is 1. The number of ether oxygens (including phenoxy) is 2. The maximum absolute atomic E-state index is 13.2. The number of hydrogen-bond acceptors (Lipinski definition) is 7. The summed E-state index contributed by atoms with van der Waals surface area (Å²) >= 11 is 1.59. The second-order valence-electron chi connectivity index (χ2n) is 8.87. The largest absolute Gasteiger partial charge is 0.497 e. The molecule has 0 bridgehead atoms. The van der Waals surface area contributed by atoms with Crippen molar-refractivity contribution >= 4 is 27.5 Å². The minimum Gasteiger partial charge on any atom is -0.497 e. The topological polar surface area (TPSA) is 85.4 Å². The van der Waals surface area contributed by atoms with Crippen molar-refractivity contribution < 1.29 is 14.3 Å². The van der Waals surface area contributed by atoms with Gasteiger partial charge in [-0.25, -0.2) is 4.98 Å². The van der Waals surface area contributed by atoms with Crippen LogP contribution in [0.5, 0.6) is 11.5 Å². The van der Waals surface area contributed by atoms with Gasteiger partial charge in [0.05, 0.1) is 41.2 Å². The van der Waals surface area contributed by atoms with Gasteiger partial charge in [-0.2, -0.15) is 0 Å². The molecule has 3 heterocycles. The molecule has 36 heavy (non-hydrogen) atoms. The third-order valence-corrected chi connectivity index (χ3v) is 7.35. The van der Waals surface area contributed by atoms with Crippen LogP contribution >= 0.6 is 11.3 Å². The molecule has 0 spiro atoms. The highest BCUT2D eigenvalue weighted by Gasteiger charge is 2.26. The van der Waals surface area contributed by atoms with Gasteiger partial charge in [-0.15, -0.1) is 11.3 Å². The van der Waals surface area contributed by atoms with E-state index < -0.39 is 0 Å². The number of fused-ring (bicyclic) bond motifs is 1. The third-order valence-electron chi connectivity index (χ3n) is 6.55. The fourth-order valence-corrected chi connectivity index (χ4v) is 5.31. The molecule has 8 heteroatoms. The summed E-state index contributed by atoms with van der Waals surface area (Å²) in [5.74, 6) is 1.66. The van der Waals surface area contributed by atoms with Crippen LogP contribution in [0.25, 0.3) is 21.3 Å². The molecule has 1 amide bonds. The van der Waals surface area contributed by atoms with Crippen molar-refractivity contribution in [3.63, 3.8) is 0 Å². The van der Waals surface area contributed by atoms with E-state index in [4.69, 9.17) is 14.5 Å². The summed E-state index contributed by atoms with van der Waals surface area (Å²) in [6, 6.07) is 17.5. The summed E-state index contributed by atoms with van der Waals surface area (Å²) in [7, 11) is 1.66. The molecule has 0 radical (unpaired) electrons. The van der Waals surface area contributed by atoms with E-state index in [1.807, 2.05) is 60.1 Å². The molecule has 2 aromatic heterocycles. The van der Waals surface area contributed by atoms with E-state index in [-0.39, 0.29) is 17.9 Å². The molecule has 186 valence electrons. The van der Waals surface area contributed by atoms with Crippen LogP contribution in [0, 0.1) is 5.92 Å². The number of carbonyl (C=O) groups excluding carboxylic acids is 1. The standard InChI is InChI=1S/C28H30N4O3S/c1-34-21-5-2-4-20(16-21)23-6-3-12-30-27(23)25(32-28(33)19-9-13-29-14-10-19)11-15-35-22-7-8-24-26(17-22)36-18-31-24/h2-8,12,16-19,25,29H,9-11,13-15H2,1H3,(H,32,33). The molecule has 2 N–H and O–H groups in total. The maximum Gasteiger partial charge on any atom is 0.223 e. The van der Waals surface area contributed by atoms with Gasteiger partial charge >= 0.3 is 0 Å². The van der Waals surface area contributed by atoms with E-state index in [1.165, 1.54) is 0 Å². The fraction of sp³-hybridized carbons (Fsp3) is 0.321. The van der Waals surface area contributed by atoms with E-state index >= 15 is 0 Å². The van der Waals surface area contributed by atoms with Gasteiger partial charge < -0.3 is 20.1 Å². The van der Waals surface area contributed by atoms with E-state index in [9.17, 15) is 4.79 Å². The number of carbonyl (C=O) groups is 1. The van der Waals surface area contributed by atoms with Crippen LogP contribution in [0.2, 0.25) is 0 Å². The van der Waals surface area contributed by atoms with Gasteiger partial charge in [0.1, 0.15) is 11.5 Å². The number of benzene rings is 2. The second kappa shape index (κ2) is 11.5. The smallest absolute Gasteiger partial charge is 0.223 e.